The van der Waals surface area contributed by atoms with Crippen LogP contribution in [0.25, 0.3) is 48.5 Å². The summed E-state index contributed by atoms with van der Waals surface area (Å²) in [5.74, 6) is 0. The molecule has 0 aliphatic heterocycles. The predicted octanol–water partition coefficient (Wildman–Crippen LogP) is 13.9. The van der Waals surface area contributed by atoms with Gasteiger partial charge in [0.25, 0.3) is 0 Å². The highest BCUT2D eigenvalue weighted by molar-refractivity contribution is 7.25. The summed E-state index contributed by atoms with van der Waals surface area (Å²) in [5.41, 5.74) is 15.2. The third-order valence-electron chi connectivity index (χ3n) is 11.9. The van der Waals surface area contributed by atoms with Crippen molar-refractivity contribution in [3.8, 4) is 22.3 Å². The molecular formula is C53H37NS. The van der Waals surface area contributed by atoms with Gasteiger partial charge in [-0.3, -0.25) is 0 Å². The van der Waals surface area contributed by atoms with Crippen LogP contribution in [0, 0.1) is 0 Å². The largest absolute Gasteiger partial charge is 0.334 e. The Morgan fingerprint density at radius 2 is 1.11 bits per heavy atom. The van der Waals surface area contributed by atoms with E-state index in [1.807, 2.05) is 11.3 Å². The number of hydrogen-bond donors (Lipinski definition) is 0. The molecule has 0 bridgehead atoms. The summed E-state index contributed by atoms with van der Waals surface area (Å²) in [7, 11) is 0. The summed E-state index contributed by atoms with van der Waals surface area (Å²) < 4.78 is 2.65. The molecule has 0 amide bonds. The lowest BCUT2D eigenvalue weighted by Gasteiger charge is -2.36. The fourth-order valence-electron chi connectivity index (χ4n) is 9.51. The molecule has 0 N–H and O–H groups in total. The molecular weight excluding hydrogens is 683 g/mol. The lowest BCUT2D eigenvalue weighted by molar-refractivity contribution is 0.755. The first kappa shape index (κ1) is 32.0. The Balaban J connectivity index is 1.10. The van der Waals surface area contributed by atoms with Crippen molar-refractivity contribution in [3.05, 3.63) is 234 Å². The molecule has 0 fully saturated rings. The average molecular weight is 720 g/mol. The van der Waals surface area contributed by atoms with Gasteiger partial charge in [-0.25, -0.2) is 0 Å². The standard InChI is InChI=1S/C53H37NS/c1-4-14-36(15-5-1)37-24-28-41(29-25-37)54(43-31-33-51-47(35-43)44-20-11-13-23-50(44)55-51)42-30-26-38-27-32-49-52(46(38)34-42)45-21-10-12-22-48(45)53(49,39-16-6-2-7-17-39)40-18-8-3-9-19-40/h1-33,35,42H,34H2. The predicted molar refractivity (Wildman–Crippen MR) is 234 cm³/mol. The second-order valence-corrected chi connectivity index (χ2v) is 15.9. The normalized spacial score (nSPS) is 15.1. The van der Waals surface area contributed by atoms with Crippen LogP contribution >= 0.6 is 11.3 Å². The first-order chi connectivity index (χ1) is 27.3. The molecule has 8 aromatic carbocycles. The van der Waals surface area contributed by atoms with E-state index in [1.165, 1.54) is 87.2 Å². The molecule has 1 heterocycles. The van der Waals surface area contributed by atoms with Gasteiger partial charge in [0.1, 0.15) is 0 Å². The molecule has 0 saturated carbocycles. The molecule has 1 unspecified atom stereocenters. The molecule has 1 aromatic heterocycles. The maximum absolute atomic E-state index is 2.57. The first-order valence-corrected chi connectivity index (χ1v) is 20.0. The van der Waals surface area contributed by atoms with Crippen LogP contribution < -0.4 is 4.90 Å². The highest BCUT2D eigenvalue weighted by Gasteiger charge is 2.47. The van der Waals surface area contributed by atoms with Crippen LogP contribution in [-0.4, -0.2) is 6.04 Å². The number of nitrogens with zero attached hydrogens (tertiary/aromatic N) is 1. The van der Waals surface area contributed by atoms with Gasteiger partial charge in [-0.1, -0.05) is 170 Å². The molecule has 2 heteroatoms. The number of thiophene rings is 1. The number of fused-ring (bicyclic) bond motifs is 8. The van der Waals surface area contributed by atoms with Crippen molar-refractivity contribution in [3.63, 3.8) is 0 Å². The van der Waals surface area contributed by atoms with Crippen molar-refractivity contribution in [2.45, 2.75) is 17.9 Å². The summed E-state index contributed by atoms with van der Waals surface area (Å²) in [4.78, 5) is 2.57. The van der Waals surface area contributed by atoms with E-state index < -0.39 is 5.41 Å². The molecule has 2 aliphatic carbocycles. The molecule has 0 spiro atoms. The second-order valence-electron chi connectivity index (χ2n) is 14.8. The number of rotatable bonds is 6. The van der Waals surface area contributed by atoms with Crippen LogP contribution in [0.2, 0.25) is 0 Å². The van der Waals surface area contributed by atoms with Crippen LogP contribution in [0.3, 0.4) is 0 Å². The Bertz CT molecular complexity index is 2850. The van der Waals surface area contributed by atoms with E-state index in [0.717, 1.165) is 6.42 Å². The lowest BCUT2D eigenvalue weighted by atomic mass is 9.67. The fraction of sp³-hybridized carbons (Fsp3) is 0.0566. The zero-order valence-corrected chi connectivity index (χ0v) is 31.1. The van der Waals surface area contributed by atoms with Crippen molar-refractivity contribution in [2.24, 2.45) is 0 Å². The Kier molecular flexibility index (Phi) is 7.46. The van der Waals surface area contributed by atoms with Gasteiger partial charge >= 0.3 is 0 Å². The Labute approximate surface area is 326 Å². The van der Waals surface area contributed by atoms with Crippen LogP contribution in [0.1, 0.15) is 33.4 Å². The van der Waals surface area contributed by atoms with Gasteiger partial charge in [0.05, 0.1) is 11.5 Å². The third kappa shape index (κ3) is 4.99. The molecule has 2 aliphatic rings. The van der Waals surface area contributed by atoms with Gasteiger partial charge in [0.15, 0.2) is 0 Å². The molecule has 11 rings (SSSR count). The molecule has 1 atom stereocenters. The van der Waals surface area contributed by atoms with Gasteiger partial charge in [-0.15, -0.1) is 11.3 Å². The minimum atomic E-state index is -0.419. The highest BCUT2D eigenvalue weighted by Crippen LogP contribution is 2.58. The van der Waals surface area contributed by atoms with Gasteiger partial charge < -0.3 is 4.90 Å². The van der Waals surface area contributed by atoms with Crippen LogP contribution in [0.5, 0.6) is 0 Å². The maximum atomic E-state index is 2.57. The zero-order valence-electron chi connectivity index (χ0n) is 30.3. The molecule has 9 aromatic rings. The van der Waals surface area contributed by atoms with Crippen molar-refractivity contribution in [2.75, 3.05) is 4.90 Å². The van der Waals surface area contributed by atoms with E-state index in [1.54, 1.807) is 0 Å². The summed E-state index contributed by atoms with van der Waals surface area (Å²) in [6, 6.07) is 72.0. The van der Waals surface area contributed by atoms with E-state index in [-0.39, 0.29) is 6.04 Å². The summed E-state index contributed by atoms with van der Waals surface area (Å²) >= 11 is 1.87. The van der Waals surface area contributed by atoms with Crippen molar-refractivity contribution < 1.29 is 0 Å². The van der Waals surface area contributed by atoms with Crippen LogP contribution in [-0.2, 0) is 11.8 Å². The monoisotopic (exact) mass is 719 g/mol. The topological polar surface area (TPSA) is 3.24 Å². The second kappa shape index (κ2) is 12.8. The summed E-state index contributed by atoms with van der Waals surface area (Å²) in [6.45, 7) is 0. The van der Waals surface area contributed by atoms with Crippen LogP contribution in [0.4, 0.5) is 11.4 Å². The first-order valence-electron chi connectivity index (χ1n) is 19.2. The average Bonchev–Trinajstić information content (AvgIpc) is 3.79. The smallest absolute Gasteiger partial charge is 0.0713 e. The Morgan fingerprint density at radius 1 is 0.491 bits per heavy atom. The third-order valence-corrected chi connectivity index (χ3v) is 13.1. The minimum Gasteiger partial charge on any atom is -0.334 e. The highest BCUT2D eigenvalue weighted by atomic mass is 32.1. The van der Waals surface area contributed by atoms with Crippen molar-refractivity contribution in [1.29, 1.82) is 0 Å². The van der Waals surface area contributed by atoms with E-state index in [9.17, 15) is 0 Å². The number of anilines is 2. The van der Waals surface area contributed by atoms with Gasteiger partial charge in [0, 0.05) is 31.5 Å². The summed E-state index contributed by atoms with van der Waals surface area (Å²) in [5, 5.41) is 2.63. The van der Waals surface area contributed by atoms with E-state index in [0.29, 0.717) is 0 Å². The summed E-state index contributed by atoms with van der Waals surface area (Å²) in [6.07, 6.45) is 5.69. The maximum Gasteiger partial charge on any atom is 0.0713 e. The van der Waals surface area contributed by atoms with E-state index >= 15 is 0 Å². The number of hydrogen-bond acceptors (Lipinski definition) is 2. The van der Waals surface area contributed by atoms with E-state index in [4.69, 9.17) is 0 Å². The van der Waals surface area contributed by atoms with Gasteiger partial charge in [0.2, 0.25) is 0 Å². The Morgan fingerprint density at radius 3 is 1.87 bits per heavy atom. The minimum absolute atomic E-state index is 0.0968. The SMILES string of the molecule is C1=CC(N(c2ccc(-c3ccccc3)cc2)c2ccc3sc4ccccc4c3c2)Cc2c1ccc1c2-c2ccccc2C1(c1ccccc1)c1ccccc1. The molecule has 55 heavy (non-hydrogen) atoms. The number of benzene rings is 8. The van der Waals surface area contributed by atoms with Crippen LogP contribution in [0.15, 0.2) is 200 Å². The molecule has 260 valence electrons. The van der Waals surface area contributed by atoms with Gasteiger partial charge in [-0.05, 0) is 98.5 Å². The molecule has 0 saturated heterocycles. The van der Waals surface area contributed by atoms with Gasteiger partial charge in [-0.2, -0.15) is 0 Å². The Hall–Kier alpha value is -6.48. The fourth-order valence-corrected chi connectivity index (χ4v) is 10.6. The molecule has 1 nitrogen and oxygen atoms in total. The quantitative estimate of drug-likeness (QED) is 0.165. The lowest BCUT2D eigenvalue weighted by Crippen LogP contribution is -2.33. The molecule has 0 radical (unpaired) electrons. The van der Waals surface area contributed by atoms with Crippen molar-refractivity contribution >= 4 is 49.0 Å². The van der Waals surface area contributed by atoms with Crippen molar-refractivity contribution in [1.82, 2.24) is 0 Å². The zero-order chi connectivity index (χ0) is 36.3. The van der Waals surface area contributed by atoms with E-state index in [2.05, 4.69) is 211 Å².